The normalized spacial score (nSPS) is 11.4. The van der Waals surface area contributed by atoms with Crippen LogP contribution in [0.15, 0.2) is 36.5 Å². The zero-order valence-electron chi connectivity index (χ0n) is 12.8. The monoisotopic (exact) mass is 286 g/mol. The maximum Gasteiger partial charge on any atom is 0.254 e. The third-order valence-electron chi connectivity index (χ3n) is 3.23. The molecule has 0 saturated carbocycles. The second-order valence-corrected chi connectivity index (χ2v) is 5.96. The average Bonchev–Trinajstić information content (AvgIpc) is 2.78. The van der Waals surface area contributed by atoms with E-state index in [1.54, 1.807) is 6.20 Å². The van der Waals surface area contributed by atoms with Crippen molar-refractivity contribution in [2.45, 2.75) is 32.9 Å². The molecule has 0 saturated heterocycles. The van der Waals surface area contributed by atoms with Crippen molar-refractivity contribution in [3.63, 3.8) is 0 Å². The van der Waals surface area contributed by atoms with Crippen molar-refractivity contribution >= 4 is 5.91 Å². The number of nitrogens with zero attached hydrogens (tertiary/aromatic N) is 2. The van der Waals surface area contributed by atoms with Crippen LogP contribution in [0.4, 0.5) is 0 Å². The molecular formula is C16H22N4O. The summed E-state index contributed by atoms with van der Waals surface area (Å²) < 4.78 is 1.83. The van der Waals surface area contributed by atoms with Crippen molar-refractivity contribution in [3.8, 4) is 0 Å². The van der Waals surface area contributed by atoms with Gasteiger partial charge in [0.05, 0.1) is 18.3 Å². The lowest BCUT2D eigenvalue weighted by Gasteiger charge is -2.18. The molecule has 1 aromatic heterocycles. The van der Waals surface area contributed by atoms with Crippen LogP contribution in [0.2, 0.25) is 0 Å². The molecule has 0 aliphatic carbocycles. The zero-order valence-corrected chi connectivity index (χ0v) is 12.8. The zero-order chi connectivity index (χ0) is 15.5. The van der Waals surface area contributed by atoms with Crippen LogP contribution in [-0.4, -0.2) is 27.8 Å². The molecule has 0 fully saturated rings. The number of hydrogen-bond acceptors (Lipinski definition) is 3. The molecule has 2 rings (SSSR count). The molecular weight excluding hydrogens is 264 g/mol. The van der Waals surface area contributed by atoms with E-state index in [0.717, 1.165) is 11.3 Å². The molecule has 0 radical (unpaired) electrons. The maximum absolute atomic E-state index is 12.2. The Labute approximate surface area is 125 Å². The van der Waals surface area contributed by atoms with Gasteiger partial charge < -0.3 is 11.1 Å². The lowest BCUT2D eigenvalue weighted by Crippen LogP contribution is -2.45. The Morgan fingerprint density at radius 2 is 2.00 bits per heavy atom. The first-order valence-electron chi connectivity index (χ1n) is 7.00. The third-order valence-corrected chi connectivity index (χ3v) is 3.23. The second kappa shape index (κ2) is 6.10. The SMILES string of the molecule is Cc1c(C(=O)NCC(C)(C)N)cnn1Cc1ccccc1. The number of carbonyl (C=O) groups is 1. The predicted molar refractivity (Wildman–Crippen MR) is 83.1 cm³/mol. The minimum absolute atomic E-state index is 0.134. The van der Waals surface area contributed by atoms with Crippen LogP contribution < -0.4 is 11.1 Å². The van der Waals surface area contributed by atoms with E-state index >= 15 is 0 Å². The van der Waals surface area contributed by atoms with Gasteiger partial charge in [-0.3, -0.25) is 9.48 Å². The summed E-state index contributed by atoms with van der Waals surface area (Å²) in [5.74, 6) is -0.134. The van der Waals surface area contributed by atoms with Gasteiger partial charge in [0.25, 0.3) is 5.91 Å². The largest absolute Gasteiger partial charge is 0.350 e. The minimum Gasteiger partial charge on any atom is -0.350 e. The molecule has 0 spiro atoms. The molecule has 0 bridgehead atoms. The van der Waals surface area contributed by atoms with Crippen LogP contribution in [0.25, 0.3) is 0 Å². The fourth-order valence-electron chi connectivity index (χ4n) is 1.99. The Morgan fingerprint density at radius 3 is 2.62 bits per heavy atom. The van der Waals surface area contributed by atoms with Crippen LogP contribution in [0.1, 0.15) is 35.5 Å². The van der Waals surface area contributed by atoms with E-state index in [4.69, 9.17) is 5.73 Å². The number of nitrogens with one attached hydrogen (secondary N) is 1. The fraction of sp³-hybridized carbons (Fsp3) is 0.375. The number of rotatable bonds is 5. The standard InChI is InChI=1S/C16H22N4O/c1-12-14(15(21)18-11-16(2,3)17)9-19-20(12)10-13-7-5-4-6-8-13/h4-9H,10-11,17H2,1-3H3,(H,18,21). The van der Waals surface area contributed by atoms with E-state index in [2.05, 4.69) is 10.4 Å². The Hall–Kier alpha value is -2.14. The van der Waals surface area contributed by atoms with Gasteiger partial charge in [-0.1, -0.05) is 30.3 Å². The average molecular weight is 286 g/mol. The van der Waals surface area contributed by atoms with Gasteiger partial charge in [-0.25, -0.2) is 0 Å². The van der Waals surface area contributed by atoms with Gasteiger partial charge in [-0.2, -0.15) is 5.10 Å². The van der Waals surface area contributed by atoms with Crippen molar-refractivity contribution < 1.29 is 4.79 Å². The predicted octanol–water partition coefficient (Wildman–Crippen LogP) is 1.71. The van der Waals surface area contributed by atoms with Crippen LogP contribution >= 0.6 is 0 Å². The Balaban J connectivity index is 2.08. The number of nitrogens with two attached hydrogens (primary N) is 1. The molecule has 1 amide bonds. The summed E-state index contributed by atoms with van der Waals surface area (Å²) in [6.07, 6.45) is 1.61. The van der Waals surface area contributed by atoms with Crippen LogP contribution in [-0.2, 0) is 6.54 Å². The quantitative estimate of drug-likeness (QED) is 0.878. The highest BCUT2D eigenvalue weighted by Gasteiger charge is 2.17. The highest BCUT2D eigenvalue weighted by Crippen LogP contribution is 2.10. The van der Waals surface area contributed by atoms with Gasteiger partial charge in [-0.15, -0.1) is 0 Å². The summed E-state index contributed by atoms with van der Waals surface area (Å²) in [4.78, 5) is 12.2. The summed E-state index contributed by atoms with van der Waals surface area (Å²) in [6, 6.07) is 10.0. The molecule has 3 N–H and O–H groups in total. The number of aromatic nitrogens is 2. The van der Waals surface area contributed by atoms with E-state index in [-0.39, 0.29) is 5.91 Å². The summed E-state index contributed by atoms with van der Waals surface area (Å²) in [5, 5.41) is 7.14. The molecule has 2 aromatic rings. The summed E-state index contributed by atoms with van der Waals surface area (Å²) >= 11 is 0. The maximum atomic E-state index is 12.2. The van der Waals surface area contributed by atoms with Gasteiger partial charge in [0, 0.05) is 17.8 Å². The summed E-state index contributed by atoms with van der Waals surface area (Å²) in [7, 11) is 0. The van der Waals surface area contributed by atoms with Gasteiger partial charge in [0.2, 0.25) is 0 Å². The second-order valence-electron chi connectivity index (χ2n) is 5.96. The third kappa shape index (κ3) is 4.16. The lowest BCUT2D eigenvalue weighted by molar-refractivity contribution is 0.0945. The molecule has 0 atom stereocenters. The molecule has 5 nitrogen and oxygen atoms in total. The molecule has 5 heteroatoms. The molecule has 0 aliphatic rings. The van der Waals surface area contributed by atoms with Crippen molar-refractivity contribution in [3.05, 3.63) is 53.3 Å². The molecule has 1 heterocycles. The number of hydrogen-bond donors (Lipinski definition) is 2. The number of amides is 1. The van der Waals surface area contributed by atoms with Gasteiger partial charge in [-0.05, 0) is 26.3 Å². The van der Waals surface area contributed by atoms with Gasteiger partial charge >= 0.3 is 0 Å². The summed E-state index contributed by atoms with van der Waals surface area (Å²) in [6.45, 7) is 6.73. The number of benzene rings is 1. The van der Waals surface area contributed by atoms with E-state index in [1.807, 2.05) is 55.8 Å². The Morgan fingerprint density at radius 1 is 1.33 bits per heavy atom. The minimum atomic E-state index is -0.427. The molecule has 1 aromatic carbocycles. The van der Waals surface area contributed by atoms with E-state index in [1.165, 1.54) is 0 Å². The fourth-order valence-corrected chi connectivity index (χ4v) is 1.99. The van der Waals surface area contributed by atoms with Crippen molar-refractivity contribution in [2.75, 3.05) is 6.54 Å². The highest BCUT2D eigenvalue weighted by atomic mass is 16.1. The molecule has 0 unspecified atom stereocenters. The molecule has 21 heavy (non-hydrogen) atoms. The first-order chi connectivity index (χ1) is 9.87. The molecule has 0 aliphatic heterocycles. The summed E-state index contributed by atoms with van der Waals surface area (Å²) in [5.41, 5.74) is 8.04. The van der Waals surface area contributed by atoms with Crippen LogP contribution in [0.5, 0.6) is 0 Å². The number of carbonyl (C=O) groups excluding carboxylic acids is 1. The first kappa shape index (κ1) is 15.3. The lowest BCUT2D eigenvalue weighted by atomic mass is 10.1. The van der Waals surface area contributed by atoms with Crippen molar-refractivity contribution in [1.82, 2.24) is 15.1 Å². The molecule has 112 valence electrons. The van der Waals surface area contributed by atoms with E-state index in [9.17, 15) is 4.79 Å². The smallest absolute Gasteiger partial charge is 0.254 e. The Bertz CT molecular complexity index is 611. The topological polar surface area (TPSA) is 72.9 Å². The van der Waals surface area contributed by atoms with Gasteiger partial charge in [0.1, 0.15) is 0 Å². The van der Waals surface area contributed by atoms with Crippen LogP contribution in [0.3, 0.4) is 0 Å². The van der Waals surface area contributed by atoms with Crippen molar-refractivity contribution in [1.29, 1.82) is 0 Å². The van der Waals surface area contributed by atoms with Crippen LogP contribution in [0, 0.1) is 6.92 Å². The van der Waals surface area contributed by atoms with E-state index < -0.39 is 5.54 Å². The van der Waals surface area contributed by atoms with Gasteiger partial charge in [0.15, 0.2) is 0 Å². The Kier molecular flexibility index (Phi) is 4.43. The highest BCUT2D eigenvalue weighted by molar-refractivity contribution is 5.95. The van der Waals surface area contributed by atoms with E-state index in [0.29, 0.717) is 18.7 Å². The van der Waals surface area contributed by atoms with Crippen molar-refractivity contribution in [2.24, 2.45) is 5.73 Å². The first-order valence-corrected chi connectivity index (χ1v) is 7.00.